The highest BCUT2D eigenvalue weighted by molar-refractivity contribution is 7.92. The second kappa shape index (κ2) is 6.83. The molecule has 0 radical (unpaired) electrons. The van der Waals surface area contributed by atoms with Gasteiger partial charge in [-0.25, -0.2) is 8.42 Å². The number of nitrogens with zero attached hydrogens (tertiary/aromatic N) is 1. The van der Waals surface area contributed by atoms with Crippen molar-refractivity contribution in [3.05, 3.63) is 24.3 Å². The summed E-state index contributed by atoms with van der Waals surface area (Å²) in [4.78, 5) is 14.0. The van der Waals surface area contributed by atoms with Crippen LogP contribution in [0.5, 0.6) is 5.75 Å². The standard InChI is InChI=1S/C15H19F3N2O4S/c1-20(11-4-3-5-12(10-11)24-15(16,17)18)13(21)14(25(2,22)23)6-8-19-9-7-14/h3-5,10,19H,6-9H2,1-2H3. The van der Waals surface area contributed by atoms with Crippen LogP contribution >= 0.6 is 0 Å². The fourth-order valence-electron chi connectivity index (χ4n) is 2.89. The number of hydrogen-bond acceptors (Lipinski definition) is 5. The van der Waals surface area contributed by atoms with Gasteiger partial charge in [0.2, 0.25) is 5.91 Å². The van der Waals surface area contributed by atoms with Crippen LogP contribution in [0.25, 0.3) is 0 Å². The molecule has 25 heavy (non-hydrogen) atoms. The second-order valence-corrected chi connectivity index (χ2v) is 8.25. The van der Waals surface area contributed by atoms with Crippen molar-refractivity contribution in [2.24, 2.45) is 0 Å². The topological polar surface area (TPSA) is 75.7 Å². The Hall–Kier alpha value is -1.81. The third kappa shape index (κ3) is 4.24. The normalized spacial score (nSPS) is 17.8. The van der Waals surface area contributed by atoms with Crippen LogP contribution in [0.2, 0.25) is 0 Å². The van der Waals surface area contributed by atoms with Gasteiger partial charge in [-0.2, -0.15) is 0 Å². The van der Waals surface area contributed by atoms with Gasteiger partial charge in [-0.15, -0.1) is 13.2 Å². The van der Waals surface area contributed by atoms with Gasteiger partial charge >= 0.3 is 6.36 Å². The van der Waals surface area contributed by atoms with E-state index in [-0.39, 0.29) is 18.5 Å². The molecule has 0 atom stereocenters. The van der Waals surface area contributed by atoms with Crippen LogP contribution in [0.1, 0.15) is 12.8 Å². The number of benzene rings is 1. The number of nitrogens with one attached hydrogen (secondary N) is 1. The minimum Gasteiger partial charge on any atom is -0.406 e. The molecule has 1 N–H and O–H groups in total. The number of hydrogen-bond donors (Lipinski definition) is 1. The Labute approximate surface area is 143 Å². The molecule has 1 aromatic rings. The number of piperidine rings is 1. The summed E-state index contributed by atoms with van der Waals surface area (Å²) in [5.41, 5.74) is 0.119. The van der Waals surface area contributed by atoms with Crippen molar-refractivity contribution in [1.82, 2.24) is 5.32 Å². The molecule has 1 fully saturated rings. The first-order valence-corrected chi connectivity index (χ1v) is 9.40. The number of carbonyl (C=O) groups excluding carboxylic acids is 1. The summed E-state index contributed by atoms with van der Waals surface area (Å²) in [6.07, 6.45) is -3.64. The van der Waals surface area contributed by atoms with Gasteiger partial charge in [0.25, 0.3) is 0 Å². The van der Waals surface area contributed by atoms with E-state index in [1.165, 1.54) is 19.2 Å². The molecule has 1 aliphatic heterocycles. The molecule has 0 bridgehead atoms. The van der Waals surface area contributed by atoms with E-state index in [0.717, 1.165) is 23.3 Å². The maximum atomic E-state index is 12.9. The minimum atomic E-state index is -4.86. The van der Waals surface area contributed by atoms with Gasteiger partial charge in [-0.1, -0.05) is 6.07 Å². The van der Waals surface area contributed by atoms with E-state index < -0.39 is 32.6 Å². The highest BCUT2D eigenvalue weighted by Gasteiger charge is 2.50. The van der Waals surface area contributed by atoms with Gasteiger partial charge in [0.05, 0.1) is 0 Å². The van der Waals surface area contributed by atoms with Crippen LogP contribution in [0.3, 0.4) is 0 Å². The summed E-state index contributed by atoms with van der Waals surface area (Å²) in [5, 5.41) is 3.00. The summed E-state index contributed by atoms with van der Waals surface area (Å²) in [7, 11) is -2.38. The highest BCUT2D eigenvalue weighted by Crippen LogP contribution is 2.33. The Bertz CT molecular complexity index is 743. The first-order valence-electron chi connectivity index (χ1n) is 7.51. The minimum absolute atomic E-state index is 0.105. The quantitative estimate of drug-likeness (QED) is 0.861. The summed E-state index contributed by atoms with van der Waals surface area (Å²) in [6, 6.07) is 4.86. The van der Waals surface area contributed by atoms with Gasteiger partial charge in [0, 0.05) is 25.1 Å². The molecule has 1 heterocycles. The molecule has 10 heteroatoms. The van der Waals surface area contributed by atoms with Crippen LogP contribution in [0.15, 0.2) is 24.3 Å². The molecule has 140 valence electrons. The lowest BCUT2D eigenvalue weighted by molar-refractivity contribution is -0.274. The number of sulfone groups is 1. The molecule has 2 rings (SSSR count). The van der Waals surface area contributed by atoms with Crippen molar-refractivity contribution < 1.29 is 31.1 Å². The average molecular weight is 380 g/mol. The number of amides is 1. The summed E-state index contributed by atoms with van der Waals surface area (Å²) in [6.45, 7) is 0.730. The molecule has 1 aliphatic rings. The first kappa shape index (κ1) is 19.5. The lowest BCUT2D eigenvalue weighted by Crippen LogP contribution is -2.57. The Kier molecular flexibility index (Phi) is 5.33. The van der Waals surface area contributed by atoms with Gasteiger partial charge in [-0.3, -0.25) is 4.79 Å². The first-order chi connectivity index (χ1) is 11.5. The third-order valence-electron chi connectivity index (χ3n) is 4.25. The zero-order valence-corrected chi connectivity index (χ0v) is 14.6. The van der Waals surface area contributed by atoms with Gasteiger partial charge in [0.1, 0.15) is 5.75 Å². The molecule has 1 saturated heterocycles. The number of alkyl halides is 3. The van der Waals surface area contributed by atoms with E-state index >= 15 is 0 Å². The molecule has 0 saturated carbocycles. The maximum absolute atomic E-state index is 12.9. The van der Waals surface area contributed by atoms with Gasteiger partial charge in [-0.05, 0) is 38.1 Å². The number of rotatable bonds is 4. The monoisotopic (exact) mass is 380 g/mol. The third-order valence-corrected chi connectivity index (χ3v) is 6.26. The maximum Gasteiger partial charge on any atom is 0.573 e. The summed E-state index contributed by atoms with van der Waals surface area (Å²) < 4.78 is 63.9. The number of anilines is 1. The number of ether oxygens (including phenoxy) is 1. The van der Waals surface area contributed by atoms with Crippen molar-refractivity contribution in [1.29, 1.82) is 0 Å². The summed E-state index contributed by atoms with van der Waals surface area (Å²) >= 11 is 0. The Morgan fingerprint density at radius 3 is 2.40 bits per heavy atom. The molecule has 0 aromatic heterocycles. The van der Waals surface area contributed by atoms with Crippen molar-refractivity contribution in [2.45, 2.75) is 24.0 Å². The van der Waals surface area contributed by atoms with Crippen molar-refractivity contribution in [2.75, 3.05) is 31.3 Å². The average Bonchev–Trinajstić information content (AvgIpc) is 2.51. The molecular weight excluding hydrogens is 361 g/mol. The summed E-state index contributed by atoms with van der Waals surface area (Å²) in [5.74, 6) is -1.15. The van der Waals surface area contributed by atoms with E-state index in [0.29, 0.717) is 13.1 Å². The Morgan fingerprint density at radius 2 is 1.88 bits per heavy atom. The zero-order valence-electron chi connectivity index (χ0n) is 13.8. The SMILES string of the molecule is CN(C(=O)C1(S(C)(=O)=O)CCNCC1)c1cccc(OC(F)(F)F)c1. The second-order valence-electron chi connectivity index (χ2n) is 5.93. The lowest BCUT2D eigenvalue weighted by Gasteiger charge is -2.37. The highest BCUT2D eigenvalue weighted by atomic mass is 32.2. The van der Waals surface area contributed by atoms with Crippen LogP contribution in [0.4, 0.5) is 18.9 Å². The molecule has 0 spiro atoms. The molecular formula is C15H19F3N2O4S. The lowest BCUT2D eigenvalue weighted by atomic mass is 9.95. The smallest absolute Gasteiger partial charge is 0.406 e. The molecule has 1 aromatic carbocycles. The number of carbonyl (C=O) groups is 1. The molecule has 1 amide bonds. The van der Waals surface area contributed by atoms with E-state index in [1.54, 1.807) is 0 Å². The van der Waals surface area contributed by atoms with Crippen LogP contribution in [0, 0.1) is 0 Å². The Balaban J connectivity index is 2.34. The predicted octanol–water partition coefficient (Wildman–Crippen LogP) is 1.71. The molecule has 0 aliphatic carbocycles. The Morgan fingerprint density at radius 1 is 1.28 bits per heavy atom. The fraction of sp³-hybridized carbons (Fsp3) is 0.533. The predicted molar refractivity (Wildman–Crippen MR) is 86.2 cm³/mol. The van der Waals surface area contributed by atoms with Crippen molar-refractivity contribution >= 4 is 21.4 Å². The number of halogens is 3. The van der Waals surface area contributed by atoms with Crippen LogP contribution in [-0.4, -0.2) is 51.8 Å². The largest absolute Gasteiger partial charge is 0.573 e. The van der Waals surface area contributed by atoms with E-state index in [1.807, 2.05) is 0 Å². The van der Waals surface area contributed by atoms with Crippen molar-refractivity contribution in [3.63, 3.8) is 0 Å². The molecule has 6 nitrogen and oxygen atoms in total. The van der Waals surface area contributed by atoms with Crippen LogP contribution in [-0.2, 0) is 14.6 Å². The fourth-order valence-corrected chi connectivity index (χ4v) is 4.29. The van der Waals surface area contributed by atoms with E-state index in [4.69, 9.17) is 0 Å². The van der Waals surface area contributed by atoms with E-state index in [9.17, 15) is 26.4 Å². The van der Waals surface area contributed by atoms with Gasteiger partial charge < -0.3 is 15.0 Å². The molecule has 0 unspecified atom stereocenters. The van der Waals surface area contributed by atoms with Crippen molar-refractivity contribution in [3.8, 4) is 5.75 Å². The van der Waals surface area contributed by atoms with Gasteiger partial charge in [0.15, 0.2) is 14.6 Å². The van der Waals surface area contributed by atoms with E-state index in [2.05, 4.69) is 10.1 Å². The van der Waals surface area contributed by atoms with Crippen LogP contribution < -0.4 is 15.0 Å². The zero-order chi connectivity index (χ0) is 18.9.